The van der Waals surface area contributed by atoms with Crippen molar-refractivity contribution in [2.45, 2.75) is 25.5 Å². The second-order valence-electron chi connectivity index (χ2n) is 5.75. The molecule has 3 aromatic rings. The number of rotatable bonds is 5. The van der Waals surface area contributed by atoms with Crippen LogP contribution in [0.15, 0.2) is 46.9 Å². The Labute approximate surface area is 148 Å². The van der Waals surface area contributed by atoms with Crippen LogP contribution < -0.4 is 5.32 Å². The summed E-state index contributed by atoms with van der Waals surface area (Å²) in [5.74, 6) is 0.679. The molecule has 0 bridgehead atoms. The fourth-order valence-corrected chi connectivity index (χ4v) is 3.72. The zero-order chi connectivity index (χ0) is 17.1. The van der Waals surface area contributed by atoms with Gasteiger partial charge < -0.3 is 14.5 Å². The van der Waals surface area contributed by atoms with E-state index in [4.69, 9.17) is 9.15 Å². The molecule has 1 N–H and O–H groups in total. The summed E-state index contributed by atoms with van der Waals surface area (Å²) in [6.45, 7) is 0.997. The summed E-state index contributed by atoms with van der Waals surface area (Å²) in [6.07, 6.45) is 2.23. The average Bonchev–Trinajstić information content (AvgIpc) is 3.41. The highest BCUT2D eigenvalue weighted by Crippen LogP contribution is 2.33. The molecule has 0 unspecified atom stereocenters. The van der Waals surface area contributed by atoms with E-state index < -0.39 is 0 Å². The van der Waals surface area contributed by atoms with E-state index in [2.05, 4.69) is 15.5 Å². The molecule has 0 radical (unpaired) electrons. The van der Waals surface area contributed by atoms with Gasteiger partial charge in [0, 0.05) is 17.0 Å². The number of hydrogen-bond donors (Lipinski definition) is 1. The maximum Gasteiger partial charge on any atom is 0.261 e. The number of carbonyl (C=O) groups is 1. The first kappa shape index (κ1) is 16.0. The van der Waals surface area contributed by atoms with E-state index in [1.807, 2.05) is 42.5 Å². The minimum absolute atomic E-state index is 0.135. The van der Waals surface area contributed by atoms with Crippen LogP contribution >= 0.6 is 11.3 Å². The van der Waals surface area contributed by atoms with Gasteiger partial charge in [-0.05, 0) is 37.1 Å². The molecule has 1 aliphatic heterocycles. The molecular weight excluding hydrogens is 338 g/mol. The van der Waals surface area contributed by atoms with E-state index in [9.17, 15) is 4.79 Å². The number of nitrogens with one attached hydrogen (secondary N) is 1. The van der Waals surface area contributed by atoms with Crippen LogP contribution in [-0.2, 0) is 11.3 Å². The van der Waals surface area contributed by atoms with Crippen LogP contribution in [0.25, 0.3) is 11.5 Å². The van der Waals surface area contributed by atoms with Crippen LogP contribution in [0.4, 0.5) is 0 Å². The zero-order valence-electron chi connectivity index (χ0n) is 13.5. The molecule has 4 rings (SSSR count). The van der Waals surface area contributed by atoms with Crippen molar-refractivity contribution >= 4 is 17.2 Å². The van der Waals surface area contributed by atoms with E-state index in [-0.39, 0.29) is 18.6 Å². The molecule has 2 aromatic heterocycles. The van der Waals surface area contributed by atoms with Gasteiger partial charge in [-0.15, -0.1) is 21.5 Å². The summed E-state index contributed by atoms with van der Waals surface area (Å²) in [5, 5.41) is 10.8. The third-order valence-electron chi connectivity index (χ3n) is 3.99. The highest BCUT2D eigenvalue weighted by molar-refractivity contribution is 7.14. The number of benzene rings is 1. The van der Waals surface area contributed by atoms with Crippen LogP contribution in [0, 0.1) is 0 Å². The van der Waals surface area contributed by atoms with Gasteiger partial charge in [0.1, 0.15) is 0 Å². The fourth-order valence-electron chi connectivity index (χ4n) is 2.72. The monoisotopic (exact) mass is 355 g/mol. The van der Waals surface area contributed by atoms with Crippen LogP contribution in [-0.4, -0.2) is 22.7 Å². The van der Waals surface area contributed by atoms with Gasteiger partial charge in [0.25, 0.3) is 5.91 Å². The molecule has 1 aliphatic rings. The molecule has 1 aromatic carbocycles. The molecule has 1 amide bonds. The second kappa shape index (κ2) is 7.16. The van der Waals surface area contributed by atoms with Crippen molar-refractivity contribution in [1.82, 2.24) is 15.5 Å². The van der Waals surface area contributed by atoms with Crippen molar-refractivity contribution < 1.29 is 13.9 Å². The van der Waals surface area contributed by atoms with Gasteiger partial charge in [0.05, 0.1) is 17.5 Å². The molecule has 7 heteroatoms. The minimum Gasteiger partial charge on any atom is -0.419 e. The largest absolute Gasteiger partial charge is 0.419 e. The third kappa shape index (κ3) is 3.62. The highest BCUT2D eigenvalue weighted by atomic mass is 32.1. The van der Waals surface area contributed by atoms with Crippen molar-refractivity contribution in [3.8, 4) is 11.5 Å². The maximum absolute atomic E-state index is 12.3. The van der Waals surface area contributed by atoms with Crippen molar-refractivity contribution in [2.24, 2.45) is 0 Å². The predicted octanol–water partition coefficient (Wildman–Crippen LogP) is 3.58. The normalized spacial score (nSPS) is 16.9. The zero-order valence-corrected chi connectivity index (χ0v) is 14.3. The van der Waals surface area contributed by atoms with Gasteiger partial charge in [-0.1, -0.05) is 18.2 Å². The number of ether oxygens (including phenoxy) is 1. The lowest BCUT2D eigenvalue weighted by Gasteiger charge is -2.05. The molecule has 3 heterocycles. The van der Waals surface area contributed by atoms with E-state index in [1.54, 1.807) is 0 Å². The lowest BCUT2D eigenvalue weighted by molar-refractivity contribution is 0.0951. The SMILES string of the molecule is O=C(NCc1nnc(-c2ccccc2)o1)c1ccc([C@H]2CCCO2)s1. The Morgan fingerprint density at radius 1 is 1.20 bits per heavy atom. The topological polar surface area (TPSA) is 77.3 Å². The quantitative estimate of drug-likeness (QED) is 0.757. The summed E-state index contributed by atoms with van der Waals surface area (Å²) >= 11 is 1.47. The number of aromatic nitrogens is 2. The predicted molar refractivity (Wildman–Crippen MR) is 93.2 cm³/mol. The fraction of sp³-hybridized carbons (Fsp3) is 0.278. The number of carbonyl (C=O) groups excluding carboxylic acids is 1. The van der Waals surface area contributed by atoms with Gasteiger partial charge in [-0.2, -0.15) is 0 Å². The standard InChI is InChI=1S/C18H17N3O3S/c22-17(15-9-8-14(25-15)13-7-4-10-23-13)19-11-16-20-21-18(24-16)12-5-2-1-3-6-12/h1-3,5-6,8-9,13H,4,7,10-11H2,(H,19,22)/t13-/m1/s1. The van der Waals surface area contributed by atoms with Crippen LogP contribution in [0.5, 0.6) is 0 Å². The Hall–Kier alpha value is -2.51. The smallest absolute Gasteiger partial charge is 0.261 e. The number of thiophene rings is 1. The summed E-state index contributed by atoms with van der Waals surface area (Å²) in [5.41, 5.74) is 0.854. The number of amides is 1. The van der Waals surface area contributed by atoms with Crippen molar-refractivity contribution in [3.05, 3.63) is 58.1 Å². The maximum atomic E-state index is 12.3. The Bertz CT molecular complexity index is 853. The van der Waals surface area contributed by atoms with Gasteiger partial charge in [-0.25, -0.2) is 0 Å². The van der Waals surface area contributed by atoms with Gasteiger partial charge in [0.2, 0.25) is 11.8 Å². The first-order valence-electron chi connectivity index (χ1n) is 8.17. The molecule has 128 valence electrons. The Kier molecular flexibility index (Phi) is 4.58. The molecule has 25 heavy (non-hydrogen) atoms. The second-order valence-corrected chi connectivity index (χ2v) is 6.87. The summed E-state index contributed by atoms with van der Waals surface area (Å²) < 4.78 is 11.2. The van der Waals surface area contributed by atoms with Gasteiger partial charge >= 0.3 is 0 Å². The molecule has 1 saturated heterocycles. The number of nitrogens with zero attached hydrogens (tertiary/aromatic N) is 2. The van der Waals surface area contributed by atoms with Gasteiger partial charge in [0.15, 0.2) is 0 Å². The van der Waals surface area contributed by atoms with E-state index in [1.165, 1.54) is 11.3 Å². The Morgan fingerprint density at radius 3 is 2.88 bits per heavy atom. The van der Waals surface area contributed by atoms with Crippen molar-refractivity contribution in [3.63, 3.8) is 0 Å². The summed E-state index contributed by atoms with van der Waals surface area (Å²) in [7, 11) is 0. The first-order valence-corrected chi connectivity index (χ1v) is 8.98. The highest BCUT2D eigenvalue weighted by Gasteiger charge is 2.21. The first-order chi connectivity index (χ1) is 12.3. The molecular formula is C18H17N3O3S. The molecule has 0 spiro atoms. The minimum atomic E-state index is -0.145. The Balaban J connectivity index is 1.37. The van der Waals surface area contributed by atoms with E-state index in [0.29, 0.717) is 16.7 Å². The van der Waals surface area contributed by atoms with Gasteiger partial charge in [-0.3, -0.25) is 4.79 Å². The molecule has 6 nitrogen and oxygen atoms in total. The van der Waals surface area contributed by atoms with Crippen LogP contribution in [0.3, 0.4) is 0 Å². The average molecular weight is 355 g/mol. The van der Waals surface area contributed by atoms with Crippen LogP contribution in [0.2, 0.25) is 0 Å². The Morgan fingerprint density at radius 2 is 2.08 bits per heavy atom. The third-order valence-corrected chi connectivity index (χ3v) is 5.16. The van der Waals surface area contributed by atoms with E-state index in [0.717, 1.165) is 29.9 Å². The molecule has 1 fully saturated rings. The van der Waals surface area contributed by atoms with Crippen molar-refractivity contribution in [2.75, 3.05) is 6.61 Å². The van der Waals surface area contributed by atoms with Crippen molar-refractivity contribution in [1.29, 1.82) is 0 Å². The molecule has 0 aliphatic carbocycles. The lowest BCUT2D eigenvalue weighted by atomic mass is 10.2. The lowest BCUT2D eigenvalue weighted by Crippen LogP contribution is -2.21. The van der Waals surface area contributed by atoms with E-state index >= 15 is 0 Å². The summed E-state index contributed by atoms with van der Waals surface area (Å²) in [6, 6.07) is 13.3. The van der Waals surface area contributed by atoms with Crippen LogP contribution in [0.1, 0.15) is 39.4 Å². The molecule has 0 saturated carbocycles. The molecule has 1 atom stereocenters. The number of hydrogen-bond acceptors (Lipinski definition) is 6. The summed E-state index contributed by atoms with van der Waals surface area (Å²) in [4.78, 5) is 14.1.